The van der Waals surface area contributed by atoms with Crippen LogP contribution in [0.3, 0.4) is 0 Å². The minimum atomic E-state index is -1.03. The lowest BCUT2D eigenvalue weighted by Gasteiger charge is -2.22. The number of hydrogen-bond acceptors (Lipinski definition) is 4. The first-order chi connectivity index (χ1) is 10.1. The zero-order chi connectivity index (χ0) is 15.1. The summed E-state index contributed by atoms with van der Waals surface area (Å²) < 4.78 is 0. The van der Waals surface area contributed by atoms with Gasteiger partial charge in [-0.05, 0) is 38.3 Å². The number of nitrogens with zero attached hydrogens (tertiary/aromatic N) is 1. The molecule has 2 rings (SSSR count). The lowest BCUT2D eigenvalue weighted by Crippen LogP contribution is -2.42. The Hall–Kier alpha value is -1.89. The summed E-state index contributed by atoms with van der Waals surface area (Å²) >= 11 is 0. The van der Waals surface area contributed by atoms with Crippen LogP contribution < -0.4 is 10.6 Å². The Morgan fingerprint density at radius 1 is 1.43 bits per heavy atom. The molecule has 1 aromatic heterocycles. The molecule has 0 radical (unpaired) electrons. The fourth-order valence-electron chi connectivity index (χ4n) is 2.59. The minimum absolute atomic E-state index is 0.194. The number of rotatable bonds is 7. The van der Waals surface area contributed by atoms with Gasteiger partial charge in [-0.15, -0.1) is 0 Å². The van der Waals surface area contributed by atoms with Gasteiger partial charge >= 0.3 is 5.97 Å². The van der Waals surface area contributed by atoms with Crippen LogP contribution in [0.2, 0.25) is 0 Å². The van der Waals surface area contributed by atoms with Crippen molar-refractivity contribution in [3.63, 3.8) is 0 Å². The van der Waals surface area contributed by atoms with Crippen molar-refractivity contribution < 1.29 is 14.7 Å². The van der Waals surface area contributed by atoms with Crippen LogP contribution in [0.5, 0.6) is 0 Å². The summed E-state index contributed by atoms with van der Waals surface area (Å²) in [6.07, 6.45) is 6.66. The van der Waals surface area contributed by atoms with E-state index < -0.39 is 12.0 Å². The van der Waals surface area contributed by atoms with E-state index in [1.807, 2.05) is 0 Å². The van der Waals surface area contributed by atoms with Crippen LogP contribution in [0.15, 0.2) is 12.5 Å². The van der Waals surface area contributed by atoms with E-state index in [4.69, 9.17) is 0 Å². The maximum atomic E-state index is 11.9. The van der Waals surface area contributed by atoms with Gasteiger partial charge in [-0.3, -0.25) is 4.79 Å². The monoisotopic (exact) mass is 294 g/mol. The number of aromatic nitrogens is 2. The fourth-order valence-corrected chi connectivity index (χ4v) is 2.59. The zero-order valence-electron chi connectivity index (χ0n) is 12.0. The number of carboxylic acids is 1. The van der Waals surface area contributed by atoms with Gasteiger partial charge in [0, 0.05) is 24.7 Å². The van der Waals surface area contributed by atoms with E-state index >= 15 is 0 Å². The number of imidazole rings is 1. The molecule has 0 aromatic carbocycles. The van der Waals surface area contributed by atoms with Crippen molar-refractivity contribution >= 4 is 11.9 Å². The van der Waals surface area contributed by atoms with Crippen molar-refractivity contribution in [2.45, 2.75) is 38.1 Å². The zero-order valence-corrected chi connectivity index (χ0v) is 12.0. The molecule has 1 atom stereocenters. The fraction of sp³-hybridized carbons (Fsp3) is 0.643. The Morgan fingerprint density at radius 3 is 2.81 bits per heavy atom. The summed E-state index contributed by atoms with van der Waals surface area (Å²) in [4.78, 5) is 29.8. The number of carbonyl (C=O) groups excluding carboxylic acids is 1. The smallest absolute Gasteiger partial charge is 0.326 e. The standard InChI is InChI=1S/C14H22N4O3/c19-13(2-1-10-3-5-15-6-4-10)18-12(14(20)21)7-11-8-16-9-17-11/h8-10,12,15H,1-7H2,(H,16,17)(H,18,19)(H,20,21)/t12-/m1/s1. The van der Waals surface area contributed by atoms with E-state index in [1.54, 1.807) is 6.20 Å². The lowest BCUT2D eigenvalue weighted by atomic mass is 9.93. The van der Waals surface area contributed by atoms with Crippen LogP contribution >= 0.6 is 0 Å². The van der Waals surface area contributed by atoms with Crippen molar-refractivity contribution in [1.29, 1.82) is 0 Å². The van der Waals surface area contributed by atoms with Crippen molar-refractivity contribution in [3.8, 4) is 0 Å². The average Bonchev–Trinajstić information content (AvgIpc) is 2.98. The molecule has 0 unspecified atom stereocenters. The Labute approximate surface area is 123 Å². The van der Waals surface area contributed by atoms with Crippen molar-refractivity contribution in [3.05, 3.63) is 18.2 Å². The second-order valence-corrected chi connectivity index (χ2v) is 5.47. The number of nitrogens with one attached hydrogen (secondary N) is 3. The van der Waals surface area contributed by atoms with E-state index in [0.717, 1.165) is 32.4 Å². The van der Waals surface area contributed by atoms with Gasteiger partial charge in [-0.2, -0.15) is 0 Å². The largest absolute Gasteiger partial charge is 0.480 e. The number of piperidine rings is 1. The Morgan fingerprint density at radius 2 is 2.19 bits per heavy atom. The van der Waals surface area contributed by atoms with E-state index in [0.29, 0.717) is 18.0 Å². The molecule has 0 aliphatic carbocycles. The predicted octanol–water partition coefficient (Wildman–Crippen LogP) is 0.301. The summed E-state index contributed by atoms with van der Waals surface area (Å²) in [7, 11) is 0. The molecule has 1 saturated heterocycles. The maximum Gasteiger partial charge on any atom is 0.326 e. The SMILES string of the molecule is O=C(CCC1CCNCC1)N[C@H](Cc1cnc[nH]1)C(=O)O. The highest BCUT2D eigenvalue weighted by molar-refractivity contribution is 5.83. The van der Waals surface area contributed by atoms with Gasteiger partial charge in [0.15, 0.2) is 0 Å². The molecule has 7 nitrogen and oxygen atoms in total. The highest BCUT2D eigenvalue weighted by Gasteiger charge is 2.22. The number of H-pyrrole nitrogens is 1. The van der Waals surface area contributed by atoms with Crippen LogP contribution in [0, 0.1) is 5.92 Å². The van der Waals surface area contributed by atoms with Gasteiger partial charge in [0.2, 0.25) is 5.91 Å². The van der Waals surface area contributed by atoms with Crippen molar-refractivity contribution in [2.75, 3.05) is 13.1 Å². The van der Waals surface area contributed by atoms with Gasteiger partial charge in [-0.1, -0.05) is 0 Å². The third kappa shape index (κ3) is 5.18. The molecule has 7 heteroatoms. The lowest BCUT2D eigenvalue weighted by molar-refractivity contribution is -0.141. The summed E-state index contributed by atoms with van der Waals surface area (Å²) in [5, 5.41) is 15.1. The first-order valence-corrected chi connectivity index (χ1v) is 7.35. The predicted molar refractivity (Wildman–Crippen MR) is 76.7 cm³/mol. The molecule has 1 aromatic rings. The van der Waals surface area contributed by atoms with Crippen LogP contribution in [0.1, 0.15) is 31.4 Å². The highest BCUT2D eigenvalue weighted by Crippen LogP contribution is 2.17. The number of carboxylic acid groups (broad SMARTS) is 1. The molecule has 4 N–H and O–H groups in total. The molecule has 21 heavy (non-hydrogen) atoms. The molecule has 0 saturated carbocycles. The van der Waals surface area contributed by atoms with Crippen LogP contribution in [0.4, 0.5) is 0 Å². The molecule has 1 amide bonds. The van der Waals surface area contributed by atoms with Crippen LogP contribution in [0.25, 0.3) is 0 Å². The topological polar surface area (TPSA) is 107 Å². The van der Waals surface area contributed by atoms with E-state index in [-0.39, 0.29) is 12.3 Å². The van der Waals surface area contributed by atoms with Gasteiger partial charge in [0.05, 0.1) is 6.33 Å². The van der Waals surface area contributed by atoms with Crippen molar-refractivity contribution in [1.82, 2.24) is 20.6 Å². The molecular formula is C14H22N4O3. The maximum absolute atomic E-state index is 11.9. The van der Waals surface area contributed by atoms with E-state index in [1.165, 1.54) is 6.33 Å². The molecule has 0 spiro atoms. The first-order valence-electron chi connectivity index (χ1n) is 7.35. The Kier molecular flexibility index (Phi) is 5.74. The number of aliphatic carboxylic acids is 1. The highest BCUT2D eigenvalue weighted by atomic mass is 16.4. The molecule has 1 aliphatic heterocycles. The molecular weight excluding hydrogens is 272 g/mol. The average molecular weight is 294 g/mol. The first kappa shape index (κ1) is 15.5. The van der Waals surface area contributed by atoms with Gasteiger partial charge < -0.3 is 20.7 Å². The third-order valence-corrected chi connectivity index (χ3v) is 3.85. The van der Waals surface area contributed by atoms with Gasteiger partial charge in [-0.25, -0.2) is 9.78 Å². The molecule has 1 fully saturated rings. The van der Waals surface area contributed by atoms with Crippen molar-refractivity contribution in [2.24, 2.45) is 5.92 Å². The van der Waals surface area contributed by atoms with Crippen LogP contribution in [-0.2, 0) is 16.0 Å². The Balaban J connectivity index is 1.76. The number of hydrogen-bond donors (Lipinski definition) is 4. The third-order valence-electron chi connectivity index (χ3n) is 3.85. The summed E-state index contributed by atoms with van der Waals surface area (Å²) in [6, 6.07) is -0.911. The molecule has 116 valence electrons. The second kappa shape index (κ2) is 7.78. The van der Waals surface area contributed by atoms with Gasteiger partial charge in [0.1, 0.15) is 6.04 Å². The number of aromatic amines is 1. The van der Waals surface area contributed by atoms with Gasteiger partial charge in [0.25, 0.3) is 0 Å². The molecule has 0 bridgehead atoms. The molecule has 1 aliphatic rings. The normalized spacial score (nSPS) is 17.3. The quantitative estimate of drug-likeness (QED) is 0.578. The summed E-state index contributed by atoms with van der Waals surface area (Å²) in [5.74, 6) is -0.659. The Bertz CT molecular complexity index is 455. The minimum Gasteiger partial charge on any atom is -0.480 e. The number of carbonyl (C=O) groups is 2. The second-order valence-electron chi connectivity index (χ2n) is 5.47. The van der Waals surface area contributed by atoms with E-state index in [9.17, 15) is 14.7 Å². The molecule has 2 heterocycles. The van der Waals surface area contributed by atoms with Crippen LogP contribution in [-0.4, -0.2) is 46.1 Å². The van der Waals surface area contributed by atoms with E-state index in [2.05, 4.69) is 20.6 Å². The summed E-state index contributed by atoms with van der Waals surface area (Å²) in [5.41, 5.74) is 0.695. The number of amides is 1. The summed E-state index contributed by atoms with van der Waals surface area (Å²) in [6.45, 7) is 2.01.